The minimum absolute atomic E-state index is 0.0188. The molecule has 0 aromatic rings. The molecule has 1 aliphatic carbocycles. The Kier molecular flexibility index (Phi) is 6.58. The van der Waals surface area contributed by atoms with Gasteiger partial charge in [-0.05, 0) is 81.8 Å². The van der Waals surface area contributed by atoms with E-state index in [0.717, 1.165) is 32.1 Å². The molecule has 1 saturated carbocycles. The van der Waals surface area contributed by atoms with Crippen LogP contribution in [-0.4, -0.2) is 70.2 Å². The first-order valence-corrected chi connectivity index (χ1v) is 12.3. The Morgan fingerprint density at radius 1 is 0.719 bits per heavy atom. The molecule has 3 aliphatic rings. The van der Waals surface area contributed by atoms with Gasteiger partial charge in [-0.1, -0.05) is 0 Å². The highest BCUT2D eigenvalue weighted by Crippen LogP contribution is 2.45. The van der Waals surface area contributed by atoms with E-state index in [9.17, 15) is 9.59 Å². The second-order valence-corrected chi connectivity index (χ2v) is 13.2. The number of carbonyl (C=O) groups is 2. The number of rotatable bonds is 5. The zero-order valence-electron chi connectivity index (χ0n) is 22.1. The highest BCUT2D eigenvalue weighted by atomic mass is 16.5. The Labute approximate surface area is 195 Å². The fourth-order valence-corrected chi connectivity index (χ4v) is 6.19. The summed E-state index contributed by atoms with van der Waals surface area (Å²) in [6.45, 7) is 17.6. The fraction of sp³-hybridized carbons (Fsp3) is 0.923. The largest absolute Gasteiger partial charge is 0.462 e. The monoisotopic (exact) mass is 450 g/mol. The van der Waals surface area contributed by atoms with E-state index < -0.39 is 0 Å². The zero-order valence-corrected chi connectivity index (χ0v) is 22.1. The van der Waals surface area contributed by atoms with Crippen LogP contribution in [0.2, 0.25) is 0 Å². The van der Waals surface area contributed by atoms with Gasteiger partial charge in [0.15, 0.2) is 0 Å². The van der Waals surface area contributed by atoms with Gasteiger partial charge in [0.05, 0.1) is 5.92 Å². The average molecular weight is 451 g/mol. The molecule has 0 aromatic carbocycles. The van der Waals surface area contributed by atoms with E-state index in [4.69, 9.17) is 9.47 Å². The third-order valence-electron chi connectivity index (χ3n) is 8.78. The molecule has 2 heterocycles. The summed E-state index contributed by atoms with van der Waals surface area (Å²) in [6.07, 6.45) is 4.24. The molecule has 0 amide bonds. The molecular formula is C26H46N2O4. The molecule has 0 bridgehead atoms. The van der Waals surface area contributed by atoms with Crippen molar-refractivity contribution in [3.05, 3.63) is 0 Å². The van der Waals surface area contributed by atoms with E-state index in [1.165, 1.54) is 0 Å². The number of ether oxygens (including phenoxy) is 2. The molecular weight excluding hydrogens is 404 g/mol. The number of esters is 2. The van der Waals surface area contributed by atoms with Crippen LogP contribution in [0.25, 0.3) is 0 Å². The van der Waals surface area contributed by atoms with Crippen molar-refractivity contribution in [2.75, 3.05) is 14.1 Å². The average Bonchev–Trinajstić information content (AvgIpc) is 3.35. The summed E-state index contributed by atoms with van der Waals surface area (Å²) in [5.41, 5.74) is -0.0768. The van der Waals surface area contributed by atoms with Crippen molar-refractivity contribution in [1.82, 2.24) is 9.80 Å². The van der Waals surface area contributed by atoms with Crippen molar-refractivity contribution in [2.24, 2.45) is 11.8 Å². The van der Waals surface area contributed by atoms with Crippen LogP contribution < -0.4 is 0 Å². The van der Waals surface area contributed by atoms with Crippen molar-refractivity contribution in [1.29, 1.82) is 0 Å². The molecule has 6 nitrogen and oxygen atoms in total. The van der Waals surface area contributed by atoms with Gasteiger partial charge in [-0.2, -0.15) is 0 Å². The van der Waals surface area contributed by atoms with Gasteiger partial charge >= 0.3 is 11.9 Å². The number of piperidine rings is 2. The van der Waals surface area contributed by atoms with Crippen LogP contribution >= 0.6 is 0 Å². The Morgan fingerprint density at radius 2 is 1.09 bits per heavy atom. The Bertz CT molecular complexity index is 706. The first-order chi connectivity index (χ1) is 14.4. The Hall–Kier alpha value is -1.14. The highest BCUT2D eigenvalue weighted by molar-refractivity contribution is 5.78. The van der Waals surface area contributed by atoms with Crippen molar-refractivity contribution < 1.29 is 19.1 Å². The lowest BCUT2D eigenvalue weighted by molar-refractivity contribution is -0.161. The minimum Gasteiger partial charge on any atom is -0.462 e. The molecule has 2 unspecified atom stereocenters. The predicted octanol–water partition coefficient (Wildman–Crippen LogP) is 4.40. The van der Waals surface area contributed by atoms with E-state index >= 15 is 0 Å². The quantitative estimate of drug-likeness (QED) is 0.579. The van der Waals surface area contributed by atoms with Crippen molar-refractivity contribution in [3.63, 3.8) is 0 Å². The van der Waals surface area contributed by atoms with Gasteiger partial charge in [0, 0.05) is 54.3 Å². The molecule has 184 valence electrons. The van der Waals surface area contributed by atoms with Gasteiger partial charge in [0.1, 0.15) is 12.2 Å². The van der Waals surface area contributed by atoms with E-state index in [2.05, 4.69) is 79.3 Å². The van der Waals surface area contributed by atoms with Gasteiger partial charge < -0.3 is 9.47 Å². The first-order valence-electron chi connectivity index (χ1n) is 12.3. The topological polar surface area (TPSA) is 59.1 Å². The Balaban J connectivity index is 1.48. The standard InChI is InChI=1S/C26H46N2O4/c1-23(2)13-18(14-24(3,4)27(23)9)31-21(29)12-17-11-20(17)22(30)32-19-15-25(5,6)28(10)26(7,8)16-19/h17-20H,11-16H2,1-10H3. The summed E-state index contributed by atoms with van der Waals surface area (Å²) in [5.74, 6) is -0.396. The van der Waals surface area contributed by atoms with Gasteiger partial charge in [-0.15, -0.1) is 0 Å². The normalized spacial score (nSPS) is 32.3. The Morgan fingerprint density at radius 3 is 1.50 bits per heavy atom. The lowest BCUT2D eigenvalue weighted by Gasteiger charge is -2.53. The van der Waals surface area contributed by atoms with Crippen molar-refractivity contribution in [2.45, 2.75) is 128 Å². The minimum atomic E-state index is -0.173. The molecule has 2 atom stereocenters. The maximum atomic E-state index is 12.8. The summed E-state index contributed by atoms with van der Waals surface area (Å²) in [5, 5.41) is 0. The summed E-state index contributed by atoms with van der Waals surface area (Å²) in [4.78, 5) is 30.2. The summed E-state index contributed by atoms with van der Waals surface area (Å²) in [6, 6.07) is 0. The van der Waals surface area contributed by atoms with Gasteiger partial charge in [-0.25, -0.2) is 0 Å². The molecule has 32 heavy (non-hydrogen) atoms. The van der Waals surface area contributed by atoms with Gasteiger partial charge in [-0.3, -0.25) is 19.4 Å². The van der Waals surface area contributed by atoms with Crippen LogP contribution in [0.4, 0.5) is 0 Å². The van der Waals surface area contributed by atoms with Crippen LogP contribution in [0.1, 0.15) is 93.9 Å². The number of likely N-dealkylation sites (tertiary alicyclic amines) is 2. The zero-order chi connectivity index (χ0) is 24.3. The van der Waals surface area contributed by atoms with E-state index in [1.807, 2.05) is 0 Å². The number of carbonyl (C=O) groups excluding carboxylic acids is 2. The lowest BCUT2D eigenvalue weighted by Crippen LogP contribution is -2.60. The molecule has 2 saturated heterocycles. The second-order valence-electron chi connectivity index (χ2n) is 13.2. The number of hydrogen-bond acceptors (Lipinski definition) is 6. The highest BCUT2D eigenvalue weighted by Gasteiger charge is 2.50. The third-order valence-corrected chi connectivity index (χ3v) is 8.78. The van der Waals surface area contributed by atoms with E-state index in [1.54, 1.807) is 0 Å². The summed E-state index contributed by atoms with van der Waals surface area (Å²) >= 11 is 0. The summed E-state index contributed by atoms with van der Waals surface area (Å²) < 4.78 is 11.8. The smallest absolute Gasteiger partial charge is 0.309 e. The molecule has 0 aromatic heterocycles. The van der Waals surface area contributed by atoms with Crippen LogP contribution in [0.5, 0.6) is 0 Å². The molecule has 2 aliphatic heterocycles. The third kappa shape index (κ3) is 5.32. The van der Waals surface area contributed by atoms with Gasteiger partial charge in [0.2, 0.25) is 0 Å². The molecule has 6 heteroatoms. The molecule has 0 N–H and O–H groups in total. The fourth-order valence-electron chi connectivity index (χ4n) is 6.19. The molecule has 3 fully saturated rings. The lowest BCUT2D eigenvalue weighted by atomic mass is 9.79. The van der Waals surface area contributed by atoms with Gasteiger partial charge in [0.25, 0.3) is 0 Å². The van der Waals surface area contributed by atoms with Crippen molar-refractivity contribution >= 4 is 11.9 Å². The van der Waals surface area contributed by atoms with Crippen LogP contribution in [0, 0.1) is 11.8 Å². The maximum absolute atomic E-state index is 12.8. The van der Waals surface area contributed by atoms with Crippen LogP contribution in [-0.2, 0) is 19.1 Å². The number of hydrogen-bond donors (Lipinski definition) is 0. The maximum Gasteiger partial charge on any atom is 0.309 e. The van der Waals surface area contributed by atoms with Crippen LogP contribution in [0.15, 0.2) is 0 Å². The molecule has 3 rings (SSSR count). The second kappa shape index (κ2) is 8.26. The first kappa shape index (κ1) is 25.5. The number of nitrogens with zero attached hydrogens (tertiary/aromatic N) is 2. The predicted molar refractivity (Wildman–Crippen MR) is 126 cm³/mol. The van der Waals surface area contributed by atoms with Crippen LogP contribution in [0.3, 0.4) is 0 Å². The molecule has 0 radical (unpaired) electrons. The van der Waals surface area contributed by atoms with E-state index in [-0.39, 0.29) is 58.1 Å². The van der Waals surface area contributed by atoms with Crippen molar-refractivity contribution in [3.8, 4) is 0 Å². The summed E-state index contributed by atoms with van der Waals surface area (Å²) in [7, 11) is 4.29. The molecule has 0 spiro atoms. The SMILES string of the molecule is CN1C(C)(C)CC(OC(=O)CC2CC2C(=O)OC2CC(C)(C)N(C)C(C)(C)C2)CC1(C)C. The van der Waals surface area contributed by atoms with E-state index in [0.29, 0.717) is 6.42 Å².